The number of aryl methyl sites for hydroxylation is 1. The minimum Gasteiger partial charge on any atom is -0.352 e. The first kappa shape index (κ1) is 25.8. The summed E-state index contributed by atoms with van der Waals surface area (Å²) in [6.45, 7) is 2.72. The molecule has 0 aromatic heterocycles. The van der Waals surface area contributed by atoms with Crippen LogP contribution < -0.4 is 10.6 Å². The van der Waals surface area contributed by atoms with E-state index in [0.717, 1.165) is 11.3 Å². The van der Waals surface area contributed by atoms with Crippen molar-refractivity contribution in [1.82, 2.24) is 5.32 Å². The Bertz CT molecular complexity index is 1150. The number of halogens is 2. The van der Waals surface area contributed by atoms with Crippen LogP contribution in [-0.2, 0) is 28.7 Å². The van der Waals surface area contributed by atoms with E-state index in [-0.39, 0.29) is 36.3 Å². The summed E-state index contributed by atoms with van der Waals surface area (Å²) in [7, 11) is -3.25. The number of benzene rings is 3. The lowest BCUT2D eigenvalue weighted by molar-refractivity contribution is 0.600. The molecule has 0 atom stereocenters. The third-order valence-electron chi connectivity index (χ3n) is 4.61. The van der Waals surface area contributed by atoms with Crippen molar-refractivity contribution in [3.05, 3.63) is 101 Å². The van der Waals surface area contributed by atoms with Crippen molar-refractivity contribution in [2.45, 2.75) is 25.8 Å². The first-order chi connectivity index (χ1) is 14.8. The molecule has 8 heteroatoms. The number of rotatable bonds is 7. The lowest BCUT2D eigenvalue weighted by atomic mass is 10.1. The van der Waals surface area contributed by atoms with Crippen LogP contribution in [0, 0.1) is 12.7 Å². The van der Waals surface area contributed by atoms with Crippen molar-refractivity contribution < 1.29 is 12.8 Å². The van der Waals surface area contributed by atoms with Gasteiger partial charge in [0, 0.05) is 18.5 Å². The smallest absolute Gasteiger partial charge is 0.196 e. The van der Waals surface area contributed by atoms with Crippen molar-refractivity contribution in [1.29, 1.82) is 0 Å². The average Bonchev–Trinajstić information content (AvgIpc) is 2.73. The number of nitrogens with zero attached hydrogens (tertiary/aromatic N) is 1. The van der Waals surface area contributed by atoms with Gasteiger partial charge >= 0.3 is 0 Å². The quantitative estimate of drug-likeness (QED) is 0.238. The maximum absolute atomic E-state index is 13.8. The van der Waals surface area contributed by atoms with Gasteiger partial charge in [-0.25, -0.2) is 17.8 Å². The van der Waals surface area contributed by atoms with E-state index >= 15 is 0 Å². The second kappa shape index (κ2) is 12.0. The van der Waals surface area contributed by atoms with E-state index in [2.05, 4.69) is 15.6 Å². The molecule has 3 aromatic rings. The molecule has 32 heavy (non-hydrogen) atoms. The Kier molecular flexibility index (Phi) is 9.64. The van der Waals surface area contributed by atoms with Crippen LogP contribution in [0.5, 0.6) is 0 Å². The van der Waals surface area contributed by atoms with Crippen molar-refractivity contribution in [2.75, 3.05) is 11.6 Å². The maximum Gasteiger partial charge on any atom is 0.196 e. The molecule has 0 amide bonds. The van der Waals surface area contributed by atoms with Crippen LogP contribution in [0.15, 0.2) is 77.8 Å². The van der Waals surface area contributed by atoms with Crippen LogP contribution in [-0.4, -0.2) is 20.6 Å². The molecule has 0 saturated carbocycles. The van der Waals surface area contributed by atoms with Crippen LogP contribution >= 0.6 is 24.0 Å². The van der Waals surface area contributed by atoms with E-state index in [1.54, 1.807) is 0 Å². The SMILES string of the molecule is Cc1ccc(CN=C(NCc2cc(F)ccc2CS(C)(=O)=O)Nc2ccccc2)cc1.I. The zero-order valence-electron chi connectivity index (χ0n) is 18.0. The van der Waals surface area contributed by atoms with Crippen molar-refractivity contribution >= 4 is 45.5 Å². The van der Waals surface area contributed by atoms with Crippen LogP contribution in [0.25, 0.3) is 0 Å². The molecule has 3 rings (SSSR count). The highest BCUT2D eigenvalue weighted by molar-refractivity contribution is 14.0. The summed E-state index contributed by atoms with van der Waals surface area (Å²) >= 11 is 0. The maximum atomic E-state index is 13.8. The van der Waals surface area contributed by atoms with E-state index in [9.17, 15) is 12.8 Å². The van der Waals surface area contributed by atoms with E-state index < -0.39 is 15.7 Å². The summed E-state index contributed by atoms with van der Waals surface area (Å²) in [5, 5.41) is 6.44. The van der Waals surface area contributed by atoms with Crippen LogP contribution in [0.4, 0.5) is 10.1 Å². The fourth-order valence-electron chi connectivity index (χ4n) is 3.02. The van der Waals surface area contributed by atoms with Gasteiger partial charge in [-0.15, -0.1) is 24.0 Å². The summed E-state index contributed by atoms with van der Waals surface area (Å²) in [4.78, 5) is 4.64. The van der Waals surface area contributed by atoms with Gasteiger partial charge in [0.2, 0.25) is 0 Å². The highest BCUT2D eigenvalue weighted by Crippen LogP contribution is 2.15. The lowest BCUT2D eigenvalue weighted by Gasteiger charge is -2.15. The van der Waals surface area contributed by atoms with E-state index in [0.29, 0.717) is 23.6 Å². The van der Waals surface area contributed by atoms with Crippen LogP contribution in [0.3, 0.4) is 0 Å². The molecule has 0 radical (unpaired) electrons. The van der Waals surface area contributed by atoms with Crippen LogP contribution in [0.2, 0.25) is 0 Å². The first-order valence-corrected chi connectivity index (χ1v) is 12.0. The molecule has 0 aliphatic rings. The predicted molar refractivity (Wildman–Crippen MR) is 140 cm³/mol. The van der Waals surface area contributed by atoms with Gasteiger partial charge in [-0.2, -0.15) is 0 Å². The third kappa shape index (κ3) is 8.58. The molecule has 0 unspecified atom stereocenters. The Morgan fingerprint density at radius 3 is 2.31 bits per heavy atom. The Labute approximate surface area is 206 Å². The number of anilines is 1. The van der Waals surface area contributed by atoms with Gasteiger partial charge < -0.3 is 10.6 Å². The second-order valence-corrected chi connectivity index (χ2v) is 9.62. The van der Waals surface area contributed by atoms with Gasteiger partial charge in [0.15, 0.2) is 15.8 Å². The molecule has 2 N–H and O–H groups in total. The molecular formula is C24H27FIN3O2S. The summed E-state index contributed by atoms with van der Waals surface area (Å²) in [5.41, 5.74) is 4.23. The van der Waals surface area contributed by atoms with Gasteiger partial charge in [0.25, 0.3) is 0 Å². The predicted octanol–water partition coefficient (Wildman–Crippen LogP) is 5.05. The molecule has 170 valence electrons. The topological polar surface area (TPSA) is 70.6 Å². The zero-order chi connectivity index (χ0) is 22.3. The monoisotopic (exact) mass is 567 g/mol. The molecule has 0 fully saturated rings. The van der Waals surface area contributed by atoms with Gasteiger partial charge in [-0.3, -0.25) is 0 Å². The number of guanidine groups is 1. The molecular weight excluding hydrogens is 540 g/mol. The normalized spacial score (nSPS) is 11.5. The van der Waals surface area contributed by atoms with Gasteiger partial charge in [-0.1, -0.05) is 54.1 Å². The number of aliphatic imine (C=N–C) groups is 1. The summed E-state index contributed by atoms with van der Waals surface area (Å²) in [5.74, 6) is -0.0451. The van der Waals surface area contributed by atoms with E-state index in [4.69, 9.17) is 0 Å². The standard InChI is InChI=1S/C24H26FN3O2S.HI/c1-18-8-10-19(11-9-18)15-26-24(28-23-6-4-3-5-7-23)27-16-21-14-22(25)13-12-20(21)17-31(2,29)30;/h3-14H,15-17H2,1-2H3,(H2,26,27,28);1H. The number of hydrogen-bond acceptors (Lipinski definition) is 3. The van der Waals surface area contributed by atoms with Crippen molar-refractivity contribution in [3.63, 3.8) is 0 Å². The number of para-hydroxylation sites is 1. The highest BCUT2D eigenvalue weighted by atomic mass is 127. The molecule has 0 spiro atoms. The molecule has 0 aliphatic heterocycles. The number of sulfone groups is 1. The third-order valence-corrected chi connectivity index (χ3v) is 5.44. The molecule has 0 aliphatic carbocycles. The number of nitrogens with one attached hydrogen (secondary N) is 2. The Hall–Kier alpha value is -2.46. The molecule has 5 nitrogen and oxygen atoms in total. The second-order valence-electron chi connectivity index (χ2n) is 7.48. The van der Waals surface area contributed by atoms with E-state index in [1.807, 2.05) is 61.5 Å². The number of hydrogen-bond donors (Lipinski definition) is 2. The average molecular weight is 567 g/mol. The largest absolute Gasteiger partial charge is 0.352 e. The minimum atomic E-state index is -3.25. The first-order valence-electron chi connectivity index (χ1n) is 9.89. The van der Waals surface area contributed by atoms with Gasteiger partial charge in [0.1, 0.15) is 5.82 Å². The minimum absolute atomic E-state index is 0. The Morgan fingerprint density at radius 2 is 1.66 bits per heavy atom. The lowest BCUT2D eigenvalue weighted by Crippen LogP contribution is -2.31. The molecule has 0 saturated heterocycles. The Balaban J connectivity index is 0.00000363. The van der Waals surface area contributed by atoms with Crippen molar-refractivity contribution in [2.24, 2.45) is 4.99 Å². The molecule has 0 bridgehead atoms. The van der Waals surface area contributed by atoms with Gasteiger partial charge in [0.05, 0.1) is 12.3 Å². The molecule has 3 aromatic carbocycles. The van der Waals surface area contributed by atoms with Crippen molar-refractivity contribution in [3.8, 4) is 0 Å². The highest BCUT2D eigenvalue weighted by Gasteiger charge is 2.11. The Morgan fingerprint density at radius 1 is 0.969 bits per heavy atom. The fraction of sp³-hybridized carbons (Fsp3) is 0.208. The summed E-state index contributed by atoms with van der Waals surface area (Å²) in [6.07, 6.45) is 1.17. The van der Waals surface area contributed by atoms with Gasteiger partial charge in [-0.05, 0) is 47.9 Å². The zero-order valence-corrected chi connectivity index (χ0v) is 21.2. The summed E-state index contributed by atoms with van der Waals surface area (Å²) < 4.78 is 37.3. The summed E-state index contributed by atoms with van der Waals surface area (Å²) in [6, 6.07) is 21.8. The van der Waals surface area contributed by atoms with E-state index in [1.165, 1.54) is 30.0 Å². The van der Waals surface area contributed by atoms with Crippen LogP contribution in [0.1, 0.15) is 22.3 Å². The molecule has 0 heterocycles. The fourth-order valence-corrected chi connectivity index (χ4v) is 3.87.